The molecule has 1 fully saturated rings. The van der Waals surface area contributed by atoms with Gasteiger partial charge in [0, 0.05) is 30.9 Å². The molecule has 0 aromatic carbocycles. The summed E-state index contributed by atoms with van der Waals surface area (Å²) in [6, 6.07) is 3.24. The summed E-state index contributed by atoms with van der Waals surface area (Å²) in [6.45, 7) is 0.494. The fourth-order valence-electron chi connectivity index (χ4n) is 2.22. The van der Waals surface area contributed by atoms with Gasteiger partial charge in [-0.1, -0.05) is 11.3 Å². The molecule has 0 spiro atoms. The molecule has 110 valence electrons. The van der Waals surface area contributed by atoms with Crippen molar-refractivity contribution in [3.8, 4) is 10.6 Å². The molecule has 1 aliphatic rings. The van der Waals surface area contributed by atoms with Crippen LogP contribution in [0.3, 0.4) is 0 Å². The number of aromatic nitrogens is 3. The van der Waals surface area contributed by atoms with Crippen molar-refractivity contribution >= 4 is 17.4 Å². The first-order chi connectivity index (χ1) is 10.2. The van der Waals surface area contributed by atoms with E-state index >= 15 is 0 Å². The van der Waals surface area contributed by atoms with Gasteiger partial charge >= 0.3 is 6.03 Å². The number of hydroxylamine groups is 2. The van der Waals surface area contributed by atoms with Crippen LogP contribution in [0.4, 0.5) is 4.79 Å². The van der Waals surface area contributed by atoms with Crippen molar-refractivity contribution in [2.45, 2.75) is 25.3 Å². The summed E-state index contributed by atoms with van der Waals surface area (Å²) >= 11 is 1.56. The number of aryl methyl sites for hydroxylation is 1. The average molecular weight is 305 g/mol. The van der Waals surface area contributed by atoms with Gasteiger partial charge in [-0.2, -0.15) is 0 Å². The van der Waals surface area contributed by atoms with Crippen molar-refractivity contribution in [2.75, 3.05) is 6.54 Å². The Morgan fingerprint density at radius 2 is 2.19 bits per heavy atom. The highest BCUT2D eigenvalue weighted by molar-refractivity contribution is 7.14. The predicted molar refractivity (Wildman–Crippen MR) is 76.9 cm³/mol. The second kappa shape index (κ2) is 6.15. The number of amides is 2. The number of hydrogen-bond acceptors (Lipinski definition) is 6. The van der Waals surface area contributed by atoms with E-state index in [2.05, 4.69) is 20.5 Å². The fraction of sp³-hybridized carbons (Fsp3) is 0.385. The zero-order chi connectivity index (χ0) is 14.7. The summed E-state index contributed by atoms with van der Waals surface area (Å²) in [5.41, 5.74) is 1.01. The standard InChI is InChI=1S/C13H15N5O2S/c19-13-15-8-10(18(13)20)2-1-3-11-16-17-12(21-11)9-4-6-14-7-5-9/h4-7,10,20H,1-3,8H2,(H,15,19). The van der Waals surface area contributed by atoms with Crippen molar-refractivity contribution in [1.82, 2.24) is 25.6 Å². The Morgan fingerprint density at radius 1 is 1.38 bits per heavy atom. The molecule has 1 saturated heterocycles. The summed E-state index contributed by atoms with van der Waals surface area (Å²) in [5, 5.41) is 23.1. The summed E-state index contributed by atoms with van der Waals surface area (Å²) < 4.78 is 0. The van der Waals surface area contributed by atoms with E-state index in [0.717, 1.165) is 39.9 Å². The Labute approximate surface area is 125 Å². The molecule has 2 N–H and O–H groups in total. The third-order valence-electron chi connectivity index (χ3n) is 3.36. The monoisotopic (exact) mass is 305 g/mol. The van der Waals surface area contributed by atoms with Gasteiger partial charge < -0.3 is 5.32 Å². The maximum Gasteiger partial charge on any atom is 0.341 e. The summed E-state index contributed by atoms with van der Waals surface area (Å²) in [6.07, 6.45) is 5.84. The molecule has 0 aliphatic carbocycles. The quantitative estimate of drug-likeness (QED) is 0.821. The van der Waals surface area contributed by atoms with Gasteiger partial charge in [0.15, 0.2) is 0 Å². The van der Waals surface area contributed by atoms with E-state index in [1.54, 1.807) is 23.7 Å². The molecule has 1 atom stereocenters. The lowest BCUT2D eigenvalue weighted by molar-refractivity contribution is -0.0593. The molecule has 2 aromatic heterocycles. The Hall–Kier alpha value is -2.06. The number of pyridine rings is 1. The van der Waals surface area contributed by atoms with Crippen molar-refractivity contribution in [2.24, 2.45) is 0 Å². The number of rotatable bonds is 5. The van der Waals surface area contributed by atoms with Gasteiger partial charge in [-0.15, -0.1) is 10.2 Å². The lowest BCUT2D eigenvalue weighted by Gasteiger charge is -2.14. The Morgan fingerprint density at radius 3 is 2.90 bits per heavy atom. The molecule has 7 nitrogen and oxygen atoms in total. The number of carbonyl (C=O) groups is 1. The lowest BCUT2D eigenvalue weighted by Crippen LogP contribution is -2.30. The van der Waals surface area contributed by atoms with Crippen molar-refractivity contribution in [3.05, 3.63) is 29.5 Å². The van der Waals surface area contributed by atoms with Gasteiger partial charge in [-0.3, -0.25) is 10.2 Å². The third-order valence-corrected chi connectivity index (χ3v) is 4.40. The van der Waals surface area contributed by atoms with Gasteiger partial charge in [-0.25, -0.2) is 9.86 Å². The zero-order valence-corrected chi connectivity index (χ0v) is 12.1. The molecule has 0 saturated carbocycles. The van der Waals surface area contributed by atoms with Crippen molar-refractivity contribution in [1.29, 1.82) is 0 Å². The van der Waals surface area contributed by atoms with Crippen LogP contribution in [0.2, 0.25) is 0 Å². The van der Waals surface area contributed by atoms with Gasteiger partial charge in [-0.05, 0) is 25.0 Å². The smallest absolute Gasteiger partial charge is 0.334 e. The fourth-order valence-corrected chi connectivity index (χ4v) is 3.10. The molecular weight excluding hydrogens is 290 g/mol. The van der Waals surface area contributed by atoms with Crippen LogP contribution in [0.15, 0.2) is 24.5 Å². The van der Waals surface area contributed by atoms with E-state index in [1.807, 2.05) is 12.1 Å². The first-order valence-electron chi connectivity index (χ1n) is 6.73. The van der Waals surface area contributed by atoms with Crippen LogP contribution in [0, 0.1) is 0 Å². The minimum absolute atomic E-state index is 0.148. The number of nitrogens with one attached hydrogen (secondary N) is 1. The van der Waals surface area contributed by atoms with Crippen LogP contribution in [-0.2, 0) is 6.42 Å². The van der Waals surface area contributed by atoms with Gasteiger partial charge in [0.1, 0.15) is 10.0 Å². The van der Waals surface area contributed by atoms with E-state index in [4.69, 9.17) is 0 Å². The largest absolute Gasteiger partial charge is 0.341 e. The Bertz CT molecular complexity index is 618. The molecule has 1 aliphatic heterocycles. The maximum atomic E-state index is 11.1. The summed E-state index contributed by atoms with van der Waals surface area (Å²) in [4.78, 5) is 15.1. The van der Waals surface area contributed by atoms with Crippen LogP contribution in [0.1, 0.15) is 17.8 Å². The van der Waals surface area contributed by atoms with E-state index in [0.29, 0.717) is 6.54 Å². The topological polar surface area (TPSA) is 91.2 Å². The molecular formula is C13H15N5O2S. The minimum atomic E-state index is -0.420. The van der Waals surface area contributed by atoms with Crippen LogP contribution >= 0.6 is 11.3 Å². The Balaban J connectivity index is 1.53. The SMILES string of the molecule is O=C1NCC(CCCc2nnc(-c3ccncc3)s2)N1O. The van der Waals surface area contributed by atoms with E-state index in [1.165, 1.54) is 0 Å². The first kappa shape index (κ1) is 13.9. The number of hydrogen-bond donors (Lipinski definition) is 2. The highest BCUT2D eigenvalue weighted by Crippen LogP contribution is 2.24. The molecule has 3 heterocycles. The third kappa shape index (κ3) is 3.17. The molecule has 0 radical (unpaired) electrons. The van der Waals surface area contributed by atoms with Crippen molar-refractivity contribution < 1.29 is 10.0 Å². The highest BCUT2D eigenvalue weighted by Gasteiger charge is 2.28. The molecule has 3 rings (SSSR count). The number of urea groups is 1. The second-order valence-corrected chi connectivity index (χ2v) is 5.88. The van der Waals surface area contributed by atoms with Crippen molar-refractivity contribution in [3.63, 3.8) is 0 Å². The highest BCUT2D eigenvalue weighted by atomic mass is 32.1. The van der Waals surface area contributed by atoms with E-state index in [-0.39, 0.29) is 6.04 Å². The molecule has 0 bridgehead atoms. The maximum absolute atomic E-state index is 11.1. The normalized spacial score (nSPS) is 18.0. The molecule has 21 heavy (non-hydrogen) atoms. The Kier molecular flexibility index (Phi) is 4.07. The van der Waals surface area contributed by atoms with Crippen LogP contribution in [0.25, 0.3) is 10.6 Å². The molecule has 2 aromatic rings. The summed E-state index contributed by atoms with van der Waals surface area (Å²) in [7, 11) is 0. The number of carbonyl (C=O) groups excluding carboxylic acids is 1. The summed E-state index contributed by atoms with van der Waals surface area (Å²) in [5.74, 6) is 0. The molecule has 1 unspecified atom stereocenters. The van der Waals surface area contributed by atoms with Crippen LogP contribution < -0.4 is 5.32 Å². The lowest BCUT2D eigenvalue weighted by atomic mass is 10.1. The van der Waals surface area contributed by atoms with E-state index in [9.17, 15) is 10.0 Å². The molecule has 2 amide bonds. The molecule has 8 heteroatoms. The average Bonchev–Trinajstić information content (AvgIpc) is 3.10. The predicted octanol–water partition coefficient (Wildman–Crippen LogP) is 1.71. The number of nitrogens with zero attached hydrogens (tertiary/aromatic N) is 4. The van der Waals surface area contributed by atoms with Gasteiger partial charge in [0.2, 0.25) is 0 Å². The van der Waals surface area contributed by atoms with Crippen LogP contribution in [0.5, 0.6) is 0 Å². The zero-order valence-electron chi connectivity index (χ0n) is 11.3. The second-order valence-electron chi connectivity index (χ2n) is 4.81. The van der Waals surface area contributed by atoms with Gasteiger partial charge in [0.05, 0.1) is 6.04 Å². The van der Waals surface area contributed by atoms with Crippen LogP contribution in [-0.4, -0.2) is 44.1 Å². The first-order valence-corrected chi connectivity index (χ1v) is 7.54. The minimum Gasteiger partial charge on any atom is -0.334 e. The van der Waals surface area contributed by atoms with E-state index < -0.39 is 6.03 Å². The van der Waals surface area contributed by atoms with Gasteiger partial charge in [0.25, 0.3) is 0 Å².